The molecular formula is C7H5F3IN. The van der Waals surface area contributed by atoms with E-state index in [1.54, 1.807) is 22.6 Å². The minimum absolute atomic E-state index is 0.120. The number of rotatable bonds is 1. The van der Waals surface area contributed by atoms with Crippen LogP contribution in [0.1, 0.15) is 17.7 Å². The largest absolute Gasteiger partial charge is 0.265 e. The zero-order chi connectivity index (χ0) is 9.30. The van der Waals surface area contributed by atoms with Gasteiger partial charge >= 0.3 is 0 Å². The van der Waals surface area contributed by atoms with Crippen LogP contribution >= 0.6 is 22.6 Å². The van der Waals surface area contributed by atoms with Crippen LogP contribution in [0, 0.1) is 16.4 Å². The Labute approximate surface area is 81.1 Å². The van der Waals surface area contributed by atoms with Crippen molar-refractivity contribution in [3.05, 3.63) is 26.8 Å². The highest BCUT2D eigenvalue weighted by molar-refractivity contribution is 14.1. The lowest BCUT2D eigenvalue weighted by Crippen LogP contribution is -1.98. The lowest BCUT2D eigenvalue weighted by atomic mass is 10.2. The summed E-state index contributed by atoms with van der Waals surface area (Å²) in [6.45, 7) is 1.43. The van der Waals surface area contributed by atoms with Crippen molar-refractivity contribution in [2.24, 2.45) is 0 Å². The number of alkyl halides is 2. The summed E-state index contributed by atoms with van der Waals surface area (Å²) in [6, 6.07) is 0.828. The van der Waals surface area contributed by atoms with Crippen LogP contribution in [0.25, 0.3) is 0 Å². The standard InChI is InChI=1S/C7H5F3IN/c1-3-4(6(9)10)2-5(8)7(11)12-3/h2,6H,1H3. The molecule has 1 aromatic heterocycles. The fourth-order valence-corrected chi connectivity index (χ4v) is 1.30. The third-order valence-corrected chi connectivity index (χ3v) is 2.15. The molecule has 66 valence electrons. The van der Waals surface area contributed by atoms with E-state index in [-0.39, 0.29) is 15.0 Å². The van der Waals surface area contributed by atoms with Crippen LogP contribution < -0.4 is 0 Å². The highest BCUT2D eigenvalue weighted by atomic mass is 127. The Morgan fingerprint density at radius 1 is 1.50 bits per heavy atom. The van der Waals surface area contributed by atoms with E-state index in [1.807, 2.05) is 0 Å². The van der Waals surface area contributed by atoms with Crippen molar-refractivity contribution in [3.63, 3.8) is 0 Å². The summed E-state index contributed by atoms with van der Waals surface area (Å²) >= 11 is 1.66. The Morgan fingerprint density at radius 3 is 2.58 bits per heavy atom. The maximum atomic E-state index is 12.7. The molecule has 12 heavy (non-hydrogen) atoms. The molecule has 0 saturated heterocycles. The average Bonchev–Trinajstić information content (AvgIpc) is 1.96. The average molecular weight is 287 g/mol. The SMILES string of the molecule is Cc1nc(I)c(F)cc1C(F)F. The van der Waals surface area contributed by atoms with Crippen molar-refractivity contribution in [2.45, 2.75) is 13.3 Å². The molecule has 0 aliphatic rings. The molecule has 1 rings (SSSR count). The zero-order valence-corrected chi connectivity index (χ0v) is 8.27. The first-order valence-corrected chi connectivity index (χ1v) is 4.21. The molecule has 0 radical (unpaired) electrons. The van der Waals surface area contributed by atoms with E-state index in [4.69, 9.17) is 0 Å². The molecular weight excluding hydrogens is 282 g/mol. The van der Waals surface area contributed by atoms with E-state index < -0.39 is 12.2 Å². The van der Waals surface area contributed by atoms with Gasteiger partial charge in [-0.05, 0) is 35.6 Å². The second-order valence-electron chi connectivity index (χ2n) is 2.24. The van der Waals surface area contributed by atoms with Gasteiger partial charge in [0.05, 0.1) is 0 Å². The molecule has 0 aromatic carbocycles. The number of hydrogen-bond donors (Lipinski definition) is 0. The van der Waals surface area contributed by atoms with Gasteiger partial charge in [0.25, 0.3) is 6.43 Å². The number of aromatic nitrogens is 1. The van der Waals surface area contributed by atoms with Crippen molar-refractivity contribution in [2.75, 3.05) is 0 Å². The summed E-state index contributed by atoms with van der Waals surface area (Å²) in [5, 5.41) is 0. The number of pyridine rings is 1. The van der Waals surface area contributed by atoms with Crippen LogP contribution in [0.3, 0.4) is 0 Å². The highest BCUT2D eigenvalue weighted by Crippen LogP contribution is 2.23. The van der Waals surface area contributed by atoms with Gasteiger partial charge in [0.15, 0.2) is 5.82 Å². The maximum Gasteiger partial charge on any atom is 0.265 e. The first kappa shape index (κ1) is 9.76. The van der Waals surface area contributed by atoms with Crippen LogP contribution in [0.4, 0.5) is 13.2 Å². The second-order valence-corrected chi connectivity index (χ2v) is 3.26. The predicted molar refractivity (Wildman–Crippen MR) is 46.6 cm³/mol. The van der Waals surface area contributed by atoms with Crippen LogP contribution in [-0.2, 0) is 0 Å². The van der Waals surface area contributed by atoms with Crippen molar-refractivity contribution >= 4 is 22.6 Å². The van der Waals surface area contributed by atoms with Gasteiger partial charge in [-0.2, -0.15) is 0 Å². The van der Waals surface area contributed by atoms with Crippen molar-refractivity contribution in [1.82, 2.24) is 4.98 Å². The topological polar surface area (TPSA) is 12.9 Å². The van der Waals surface area contributed by atoms with E-state index in [9.17, 15) is 13.2 Å². The van der Waals surface area contributed by atoms with Gasteiger partial charge in [0, 0.05) is 11.3 Å². The van der Waals surface area contributed by atoms with E-state index in [1.165, 1.54) is 6.92 Å². The zero-order valence-electron chi connectivity index (χ0n) is 6.11. The molecule has 0 aliphatic heterocycles. The van der Waals surface area contributed by atoms with E-state index in [0.29, 0.717) is 0 Å². The second kappa shape index (κ2) is 3.59. The Kier molecular flexibility index (Phi) is 2.92. The third kappa shape index (κ3) is 1.88. The Morgan fingerprint density at radius 2 is 2.08 bits per heavy atom. The fourth-order valence-electron chi connectivity index (χ4n) is 0.787. The van der Waals surface area contributed by atoms with Gasteiger partial charge in [0.2, 0.25) is 0 Å². The van der Waals surface area contributed by atoms with Crippen LogP contribution in [0.2, 0.25) is 0 Å². The first-order valence-electron chi connectivity index (χ1n) is 3.13. The maximum absolute atomic E-state index is 12.7. The molecule has 0 unspecified atom stereocenters. The molecule has 0 atom stereocenters. The summed E-state index contributed by atoms with van der Waals surface area (Å²) < 4.78 is 37.1. The summed E-state index contributed by atoms with van der Waals surface area (Å²) in [5.74, 6) is -0.698. The van der Waals surface area contributed by atoms with Gasteiger partial charge < -0.3 is 0 Å². The minimum atomic E-state index is -2.66. The van der Waals surface area contributed by atoms with Crippen molar-refractivity contribution < 1.29 is 13.2 Å². The van der Waals surface area contributed by atoms with Gasteiger partial charge in [-0.1, -0.05) is 0 Å². The van der Waals surface area contributed by atoms with Crippen LogP contribution in [-0.4, -0.2) is 4.98 Å². The molecule has 0 saturated carbocycles. The summed E-state index contributed by atoms with van der Waals surface area (Å²) in [5.41, 5.74) is -0.163. The van der Waals surface area contributed by atoms with Gasteiger partial charge in [-0.3, -0.25) is 0 Å². The molecule has 0 spiro atoms. The molecule has 0 aliphatic carbocycles. The predicted octanol–water partition coefficient (Wildman–Crippen LogP) is 3.07. The van der Waals surface area contributed by atoms with E-state index in [0.717, 1.165) is 6.07 Å². The van der Waals surface area contributed by atoms with Gasteiger partial charge in [-0.15, -0.1) is 0 Å². The summed E-state index contributed by atoms with van der Waals surface area (Å²) in [7, 11) is 0. The highest BCUT2D eigenvalue weighted by Gasteiger charge is 2.14. The molecule has 5 heteroatoms. The minimum Gasteiger partial charge on any atom is -0.244 e. The molecule has 0 bridgehead atoms. The van der Waals surface area contributed by atoms with Crippen molar-refractivity contribution in [3.8, 4) is 0 Å². The molecule has 0 N–H and O–H groups in total. The number of halogens is 4. The van der Waals surface area contributed by atoms with Gasteiger partial charge in [-0.25, -0.2) is 18.2 Å². The lowest BCUT2D eigenvalue weighted by Gasteiger charge is -2.04. The van der Waals surface area contributed by atoms with Gasteiger partial charge in [0.1, 0.15) is 3.70 Å². The lowest BCUT2D eigenvalue weighted by molar-refractivity contribution is 0.149. The number of nitrogens with zero attached hydrogens (tertiary/aromatic N) is 1. The van der Waals surface area contributed by atoms with Crippen LogP contribution in [0.5, 0.6) is 0 Å². The Hall–Kier alpha value is -0.330. The third-order valence-electron chi connectivity index (χ3n) is 1.40. The van der Waals surface area contributed by atoms with Crippen LogP contribution in [0.15, 0.2) is 6.07 Å². The normalized spacial score (nSPS) is 10.8. The van der Waals surface area contributed by atoms with Crippen molar-refractivity contribution in [1.29, 1.82) is 0 Å². The Balaban J connectivity index is 3.23. The molecule has 0 amide bonds. The molecule has 1 aromatic rings. The monoisotopic (exact) mass is 287 g/mol. The number of hydrogen-bond acceptors (Lipinski definition) is 1. The first-order chi connectivity index (χ1) is 5.52. The van der Waals surface area contributed by atoms with E-state index >= 15 is 0 Å². The molecule has 1 heterocycles. The summed E-state index contributed by atoms with van der Waals surface area (Å²) in [4.78, 5) is 3.63. The summed E-state index contributed by atoms with van der Waals surface area (Å²) in [6.07, 6.45) is -2.66. The quantitative estimate of drug-likeness (QED) is 0.571. The smallest absolute Gasteiger partial charge is 0.244 e. The fraction of sp³-hybridized carbons (Fsp3) is 0.286. The van der Waals surface area contributed by atoms with E-state index in [2.05, 4.69) is 4.98 Å². The Bertz CT molecular complexity index is 301. The molecule has 0 fully saturated rings. The number of aryl methyl sites for hydroxylation is 1. The molecule has 1 nitrogen and oxygen atoms in total.